The first-order valence-electron chi connectivity index (χ1n) is 3.57. The molecule has 0 aliphatic carbocycles. The summed E-state index contributed by atoms with van der Waals surface area (Å²) in [5, 5.41) is 20.5. The topological polar surface area (TPSA) is 80.3 Å². The predicted octanol–water partition coefficient (Wildman–Crippen LogP) is -1.41. The van der Waals surface area contributed by atoms with Crippen LogP contribution in [0.3, 0.4) is 0 Å². The molecular formula is C8BaF4O4. The van der Waals surface area contributed by atoms with Gasteiger partial charge in [0, 0.05) is 11.1 Å². The summed E-state index contributed by atoms with van der Waals surface area (Å²) in [6.07, 6.45) is 0. The number of aromatic carboxylic acids is 2. The third-order valence-electron chi connectivity index (χ3n) is 1.68. The van der Waals surface area contributed by atoms with Gasteiger partial charge < -0.3 is 19.8 Å². The molecular weight excluding hydrogens is 373 g/mol. The summed E-state index contributed by atoms with van der Waals surface area (Å²) in [6.45, 7) is 0. The van der Waals surface area contributed by atoms with Gasteiger partial charge >= 0.3 is 48.9 Å². The Kier molecular flexibility index (Phi) is 5.68. The number of halogens is 4. The minimum Gasteiger partial charge on any atom is -0.545 e. The van der Waals surface area contributed by atoms with Gasteiger partial charge in [0.25, 0.3) is 0 Å². The third-order valence-corrected chi connectivity index (χ3v) is 1.68. The molecule has 86 valence electrons. The summed E-state index contributed by atoms with van der Waals surface area (Å²) >= 11 is 0. The Morgan fingerprint density at radius 3 is 1.12 bits per heavy atom. The number of rotatable bonds is 2. The van der Waals surface area contributed by atoms with E-state index in [1.54, 1.807) is 0 Å². The molecule has 0 radical (unpaired) electrons. The normalized spacial score (nSPS) is 9.65. The smallest absolute Gasteiger partial charge is 0.545 e. The van der Waals surface area contributed by atoms with Crippen LogP contribution in [0.1, 0.15) is 20.7 Å². The zero-order valence-corrected chi connectivity index (χ0v) is 12.3. The second kappa shape index (κ2) is 5.87. The van der Waals surface area contributed by atoms with Crippen molar-refractivity contribution in [3.8, 4) is 0 Å². The van der Waals surface area contributed by atoms with Gasteiger partial charge in [-0.1, -0.05) is 0 Å². The molecule has 4 nitrogen and oxygen atoms in total. The molecule has 0 atom stereocenters. The van der Waals surface area contributed by atoms with Gasteiger partial charge in [0.05, 0.1) is 11.9 Å². The van der Waals surface area contributed by atoms with E-state index in [1.807, 2.05) is 0 Å². The van der Waals surface area contributed by atoms with Crippen LogP contribution in [0.4, 0.5) is 17.6 Å². The minimum absolute atomic E-state index is 0. The van der Waals surface area contributed by atoms with E-state index in [2.05, 4.69) is 0 Å². The van der Waals surface area contributed by atoms with Gasteiger partial charge in [-0.15, -0.1) is 0 Å². The van der Waals surface area contributed by atoms with Gasteiger partial charge in [0.15, 0.2) is 23.3 Å². The number of benzene rings is 1. The Balaban J connectivity index is 0.00000256. The first-order chi connectivity index (χ1) is 7.29. The standard InChI is InChI=1S/C8H2F4O4.Ba/c9-3-1(7(13)14)2(8(15)16)4(10)6(12)5(3)11;/h(H,13,14)(H,15,16);/q;+2/p-2. The number of hydrogen-bond donors (Lipinski definition) is 0. The van der Waals surface area contributed by atoms with Gasteiger partial charge in [-0.2, -0.15) is 0 Å². The van der Waals surface area contributed by atoms with Crippen molar-refractivity contribution in [3.05, 3.63) is 34.4 Å². The molecule has 0 N–H and O–H groups in total. The zero-order chi connectivity index (χ0) is 12.6. The third kappa shape index (κ3) is 2.83. The molecule has 0 saturated carbocycles. The average molecular weight is 373 g/mol. The molecule has 0 aliphatic rings. The monoisotopic (exact) mass is 374 g/mol. The van der Waals surface area contributed by atoms with E-state index in [9.17, 15) is 37.4 Å². The summed E-state index contributed by atoms with van der Waals surface area (Å²) in [4.78, 5) is 20.5. The molecule has 0 aromatic heterocycles. The molecule has 0 fully saturated rings. The van der Waals surface area contributed by atoms with E-state index in [-0.39, 0.29) is 48.9 Å². The number of carbonyl (C=O) groups is 2. The Morgan fingerprint density at radius 2 is 0.941 bits per heavy atom. The summed E-state index contributed by atoms with van der Waals surface area (Å²) in [7, 11) is 0. The summed E-state index contributed by atoms with van der Waals surface area (Å²) in [5.74, 6) is -14.6. The molecule has 1 rings (SSSR count). The predicted molar refractivity (Wildman–Crippen MR) is 40.7 cm³/mol. The SMILES string of the molecule is O=C([O-])c1c(F)c(F)c(F)c(F)c1C(=O)[O-].[Ba+2]. The molecule has 0 spiro atoms. The number of carboxylic acid groups (broad SMARTS) is 2. The van der Waals surface area contributed by atoms with E-state index in [1.165, 1.54) is 0 Å². The Hall–Kier alpha value is -0.549. The van der Waals surface area contributed by atoms with Crippen molar-refractivity contribution >= 4 is 60.8 Å². The zero-order valence-electron chi connectivity index (χ0n) is 7.85. The molecule has 0 aliphatic heterocycles. The second-order valence-corrected chi connectivity index (χ2v) is 2.58. The summed E-state index contributed by atoms with van der Waals surface area (Å²) in [5.41, 5.74) is -3.87. The van der Waals surface area contributed by atoms with Crippen molar-refractivity contribution in [1.82, 2.24) is 0 Å². The van der Waals surface area contributed by atoms with E-state index in [0.717, 1.165) is 0 Å². The maximum Gasteiger partial charge on any atom is 2.00 e. The fourth-order valence-electron chi connectivity index (χ4n) is 1.02. The number of hydrogen-bond acceptors (Lipinski definition) is 4. The van der Waals surface area contributed by atoms with Gasteiger partial charge in [0.1, 0.15) is 0 Å². The molecule has 1 aromatic carbocycles. The van der Waals surface area contributed by atoms with Crippen molar-refractivity contribution in [3.63, 3.8) is 0 Å². The molecule has 1 aromatic rings. The first-order valence-corrected chi connectivity index (χ1v) is 3.57. The van der Waals surface area contributed by atoms with E-state index in [0.29, 0.717) is 0 Å². The quantitative estimate of drug-likeness (QED) is 0.276. The molecule has 0 saturated heterocycles. The molecule has 0 heterocycles. The van der Waals surface area contributed by atoms with E-state index >= 15 is 0 Å². The van der Waals surface area contributed by atoms with Crippen LogP contribution in [0.25, 0.3) is 0 Å². The maximum absolute atomic E-state index is 12.8. The minimum atomic E-state index is -2.51. The van der Waals surface area contributed by atoms with Crippen LogP contribution in [0.15, 0.2) is 0 Å². The second-order valence-electron chi connectivity index (χ2n) is 2.58. The number of carboxylic acids is 2. The van der Waals surface area contributed by atoms with Crippen LogP contribution in [0, 0.1) is 23.3 Å². The van der Waals surface area contributed by atoms with Crippen LogP contribution in [0.2, 0.25) is 0 Å². The molecule has 0 unspecified atom stereocenters. The van der Waals surface area contributed by atoms with Gasteiger partial charge in [-0.05, 0) is 0 Å². The van der Waals surface area contributed by atoms with E-state index in [4.69, 9.17) is 0 Å². The van der Waals surface area contributed by atoms with Gasteiger partial charge in [-0.25, -0.2) is 17.6 Å². The van der Waals surface area contributed by atoms with Crippen molar-refractivity contribution in [2.75, 3.05) is 0 Å². The van der Waals surface area contributed by atoms with Gasteiger partial charge in [0.2, 0.25) is 0 Å². The van der Waals surface area contributed by atoms with Crippen molar-refractivity contribution in [2.45, 2.75) is 0 Å². The Bertz CT molecular complexity index is 458. The number of carbonyl (C=O) groups excluding carboxylic acids is 2. The molecule has 9 heteroatoms. The van der Waals surface area contributed by atoms with Crippen LogP contribution >= 0.6 is 0 Å². The Morgan fingerprint density at radius 1 is 0.706 bits per heavy atom. The van der Waals surface area contributed by atoms with Crippen LogP contribution in [0.5, 0.6) is 0 Å². The molecule has 17 heavy (non-hydrogen) atoms. The maximum atomic E-state index is 12.8. The largest absolute Gasteiger partial charge is 2.00 e. The van der Waals surface area contributed by atoms with E-state index < -0.39 is 46.3 Å². The summed E-state index contributed by atoms with van der Waals surface area (Å²) < 4.78 is 50.8. The first kappa shape index (κ1) is 16.5. The van der Waals surface area contributed by atoms with Crippen molar-refractivity contribution < 1.29 is 37.4 Å². The van der Waals surface area contributed by atoms with Gasteiger partial charge in [-0.3, -0.25) is 0 Å². The molecule has 0 bridgehead atoms. The summed E-state index contributed by atoms with van der Waals surface area (Å²) in [6, 6.07) is 0. The fourth-order valence-corrected chi connectivity index (χ4v) is 1.02. The van der Waals surface area contributed by atoms with Crippen LogP contribution in [-0.2, 0) is 0 Å². The van der Waals surface area contributed by atoms with Crippen LogP contribution in [-0.4, -0.2) is 60.8 Å². The van der Waals surface area contributed by atoms with Crippen molar-refractivity contribution in [1.29, 1.82) is 0 Å². The van der Waals surface area contributed by atoms with Crippen molar-refractivity contribution in [2.24, 2.45) is 0 Å². The Labute approximate surface area is 131 Å². The average Bonchev–Trinajstić information content (AvgIpc) is 2.18. The fraction of sp³-hybridized carbons (Fsp3) is 0. The van der Waals surface area contributed by atoms with Crippen LogP contribution < -0.4 is 10.2 Å². The molecule has 0 amide bonds.